The first-order chi connectivity index (χ1) is 15.0. The predicted octanol–water partition coefficient (Wildman–Crippen LogP) is 3.03. The number of benzene rings is 1. The first-order valence-corrected chi connectivity index (χ1v) is 10.4. The van der Waals surface area contributed by atoms with Crippen LogP contribution in [-0.4, -0.2) is 72.2 Å². The van der Waals surface area contributed by atoms with Crippen LogP contribution in [0.1, 0.15) is 16.8 Å². The van der Waals surface area contributed by atoms with Crippen molar-refractivity contribution in [1.82, 2.24) is 14.8 Å². The van der Waals surface area contributed by atoms with Crippen molar-refractivity contribution in [2.24, 2.45) is 0 Å². The molecule has 8 nitrogen and oxygen atoms in total. The zero-order valence-electron chi connectivity index (χ0n) is 16.7. The average Bonchev–Trinajstić information content (AvgIpc) is 3.25. The number of ether oxygens (including phenoxy) is 2. The van der Waals surface area contributed by atoms with E-state index in [2.05, 4.69) is 10.3 Å². The number of anilines is 1. The monoisotopic (exact) mass is 448 g/mol. The van der Waals surface area contributed by atoms with Gasteiger partial charge in [0, 0.05) is 37.3 Å². The van der Waals surface area contributed by atoms with Gasteiger partial charge in [-0.1, -0.05) is 11.6 Å². The number of urea groups is 1. The minimum absolute atomic E-state index is 0.0573. The van der Waals surface area contributed by atoms with Crippen LogP contribution in [-0.2, 0) is 4.74 Å². The van der Waals surface area contributed by atoms with Crippen LogP contribution in [0.4, 0.5) is 14.9 Å². The highest BCUT2D eigenvalue weighted by atomic mass is 35.5. The number of aromatic nitrogens is 1. The van der Waals surface area contributed by atoms with E-state index in [0.29, 0.717) is 51.4 Å². The van der Waals surface area contributed by atoms with Crippen molar-refractivity contribution in [3.63, 3.8) is 0 Å². The molecule has 164 valence electrons. The first-order valence-electron chi connectivity index (χ1n) is 10.0. The molecule has 10 heteroatoms. The molecule has 0 aliphatic carbocycles. The number of pyridine rings is 1. The number of likely N-dealkylation sites (tertiary alicyclic amines) is 1. The highest BCUT2D eigenvalue weighted by molar-refractivity contribution is 6.30. The van der Waals surface area contributed by atoms with Crippen molar-refractivity contribution in [2.75, 3.05) is 44.7 Å². The molecule has 4 rings (SSSR count). The molecule has 1 unspecified atom stereocenters. The molecule has 1 aromatic carbocycles. The van der Waals surface area contributed by atoms with E-state index in [1.165, 1.54) is 17.0 Å². The van der Waals surface area contributed by atoms with Crippen molar-refractivity contribution < 1.29 is 23.5 Å². The van der Waals surface area contributed by atoms with Crippen molar-refractivity contribution in [3.8, 4) is 5.88 Å². The Hall–Kier alpha value is -2.91. The Morgan fingerprint density at radius 2 is 2.00 bits per heavy atom. The molecule has 1 atom stereocenters. The van der Waals surface area contributed by atoms with Crippen LogP contribution in [0.25, 0.3) is 0 Å². The standard InChI is InChI=1S/C21H22ClFN4O4/c22-14-3-4-18(17(23)12-14)25-21(29)27-7-5-15(13-27)31-19-16(2-1-6-24-19)20(28)26-8-10-30-11-9-26/h1-4,6,12,15H,5,7-11,13H2,(H,25,29). The summed E-state index contributed by atoms with van der Waals surface area (Å²) in [5.74, 6) is -0.514. The van der Waals surface area contributed by atoms with Gasteiger partial charge >= 0.3 is 6.03 Å². The molecular weight excluding hydrogens is 427 g/mol. The number of nitrogens with zero attached hydrogens (tertiary/aromatic N) is 3. The van der Waals surface area contributed by atoms with E-state index in [1.54, 1.807) is 23.2 Å². The number of nitrogens with one attached hydrogen (secondary N) is 1. The van der Waals surface area contributed by atoms with Crippen LogP contribution >= 0.6 is 11.6 Å². The van der Waals surface area contributed by atoms with Gasteiger partial charge in [-0.3, -0.25) is 4.79 Å². The summed E-state index contributed by atoms with van der Waals surface area (Å²) in [7, 11) is 0. The molecular formula is C21H22ClFN4O4. The van der Waals surface area contributed by atoms with E-state index in [4.69, 9.17) is 21.1 Å². The fraction of sp³-hybridized carbons (Fsp3) is 0.381. The Balaban J connectivity index is 1.38. The number of rotatable bonds is 4. The number of amides is 3. The second-order valence-corrected chi connectivity index (χ2v) is 7.73. The molecule has 1 aromatic heterocycles. The fourth-order valence-corrected chi connectivity index (χ4v) is 3.69. The summed E-state index contributed by atoms with van der Waals surface area (Å²) < 4.78 is 25.2. The minimum Gasteiger partial charge on any atom is -0.472 e. The van der Waals surface area contributed by atoms with Gasteiger partial charge in [0.05, 0.1) is 25.4 Å². The Morgan fingerprint density at radius 3 is 2.77 bits per heavy atom. The second-order valence-electron chi connectivity index (χ2n) is 7.29. The molecule has 2 saturated heterocycles. The predicted molar refractivity (Wildman–Crippen MR) is 112 cm³/mol. The number of carbonyl (C=O) groups excluding carboxylic acids is 2. The molecule has 2 aromatic rings. The van der Waals surface area contributed by atoms with E-state index in [0.717, 1.165) is 6.07 Å². The van der Waals surface area contributed by atoms with Crippen molar-refractivity contribution >= 4 is 29.2 Å². The number of carbonyl (C=O) groups is 2. The van der Waals surface area contributed by atoms with Gasteiger partial charge in [-0.15, -0.1) is 0 Å². The Labute approximate surface area is 183 Å². The third kappa shape index (κ3) is 5.05. The van der Waals surface area contributed by atoms with Gasteiger partial charge in [-0.2, -0.15) is 0 Å². The lowest BCUT2D eigenvalue weighted by molar-refractivity contribution is 0.0298. The lowest BCUT2D eigenvalue weighted by Crippen LogP contribution is -2.41. The second kappa shape index (κ2) is 9.49. The van der Waals surface area contributed by atoms with E-state index < -0.39 is 11.8 Å². The zero-order valence-corrected chi connectivity index (χ0v) is 17.5. The highest BCUT2D eigenvalue weighted by Crippen LogP contribution is 2.24. The quantitative estimate of drug-likeness (QED) is 0.777. The molecule has 0 bridgehead atoms. The normalized spacial score (nSPS) is 18.7. The third-order valence-electron chi connectivity index (χ3n) is 5.18. The summed E-state index contributed by atoms with van der Waals surface area (Å²) in [4.78, 5) is 32.8. The maximum absolute atomic E-state index is 13.9. The van der Waals surface area contributed by atoms with E-state index >= 15 is 0 Å². The van der Waals surface area contributed by atoms with Gasteiger partial charge in [0.15, 0.2) is 0 Å². The molecule has 2 fully saturated rings. The minimum atomic E-state index is -0.604. The topological polar surface area (TPSA) is 84.0 Å². The highest BCUT2D eigenvalue weighted by Gasteiger charge is 2.30. The molecule has 31 heavy (non-hydrogen) atoms. The van der Waals surface area contributed by atoms with E-state index in [-0.39, 0.29) is 28.6 Å². The summed E-state index contributed by atoms with van der Waals surface area (Å²) in [6.07, 6.45) is 1.80. The lowest BCUT2D eigenvalue weighted by Gasteiger charge is -2.27. The van der Waals surface area contributed by atoms with Crippen LogP contribution in [0.15, 0.2) is 36.5 Å². The van der Waals surface area contributed by atoms with Crippen molar-refractivity contribution in [3.05, 3.63) is 52.9 Å². The van der Waals surface area contributed by atoms with E-state index in [1.807, 2.05) is 0 Å². The average molecular weight is 449 g/mol. The summed E-state index contributed by atoms with van der Waals surface area (Å²) >= 11 is 5.74. The maximum Gasteiger partial charge on any atom is 0.322 e. The zero-order chi connectivity index (χ0) is 21.8. The van der Waals surface area contributed by atoms with Gasteiger partial charge in [0.1, 0.15) is 17.5 Å². The molecule has 2 aliphatic rings. The van der Waals surface area contributed by atoms with Crippen molar-refractivity contribution in [2.45, 2.75) is 12.5 Å². The number of morpholine rings is 1. The molecule has 0 spiro atoms. The molecule has 2 aliphatic heterocycles. The van der Waals surface area contributed by atoms with Crippen molar-refractivity contribution in [1.29, 1.82) is 0 Å². The number of halogens is 2. The Kier molecular flexibility index (Phi) is 6.53. The van der Waals surface area contributed by atoms with Crippen LogP contribution in [0.3, 0.4) is 0 Å². The summed E-state index contributed by atoms with van der Waals surface area (Å²) in [6.45, 7) is 2.78. The number of hydrogen-bond donors (Lipinski definition) is 1. The van der Waals surface area contributed by atoms with Crippen LogP contribution in [0, 0.1) is 5.82 Å². The molecule has 3 amide bonds. The summed E-state index contributed by atoms with van der Waals surface area (Å²) in [5.41, 5.74) is 0.442. The van der Waals surface area contributed by atoms with Gasteiger partial charge in [0.25, 0.3) is 5.91 Å². The van der Waals surface area contributed by atoms with Crippen LogP contribution in [0.5, 0.6) is 5.88 Å². The van der Waals surface area contributed by atoms with Crippen LogP contribution in [0.2, 0.25) is 5.02 Å². The first kappa shape index (κ1) is 21.3. The largest absolute Gasteiger partial charge is 0.472 e. The third-order valence-corrected chi connectivity index (χ3v) is 5.42. The molecule has 3 heterocycles. The Morgan fingerprint density at radius 1 is 1.19 bits per heavy atom. The van der Waals surface area contributed by atoms with E-state index in [9.17, 15) is 14.0 Å². The van der Waals surface area contributed by atoms with Gasteiger partial charge in [0.2, 0.25) is 5.88 Å². The van der Waals surface area contributed by atoms with Gasteiger partial charge in [-0.25, -0.2) is 14.2 Å². The fourth-order valence-electron chi connectivity index (χ4n) is 3.54. The van der Waals surface area contributed by atoms with Gasteiger partial charge < -0.3 is 24.6 Å². The maximum atomic E-state index is 13.9. The summed E-state index contributed by atoms with van der Waals surface area (Å²) in [5, 5.41) is 2.80. The molecule has 0 saturated carbocycles. The SMILES string of the molecule is O=C(Nc1ccc(Cl)cc1F)N1CCC(Oc2ncccc2C(=O)N2CCOCC2)C1. The summed E-state index contributed by atoms with van der Waals surface area (Å²) in [6, 6.07) is 7.00. The molecule has 1 N–H and O–H groups in total. The smallest absolute Gasteiger partial charge is 0.322 e. The van der Waals surface area contributed by atoms with Gasteiger partial charge in [-0.05, 0) is 30.3 Å². The van der Waals surface area contributed by atoms with Crippen LogP contribution < -0.4 is 10.1 Å². The molecule has 0 radical (unpaired) electrons. The Bertz CT molecular complexity index is 970. The number of hydrogen-bond acceptors (Lipinski definition) is 5. The lowest BCUT2D eigenvalue weighted by atomic mass is 10.2.